The Kier molecular flexibility index (Phi) is 2.97. The molecule has 1 aromatic carbocycles. The van der Waals surface area contributed by atoms with Gasteiger partial charge in [0.1, 0.15) is 11.3 Å². The van der Waals surface area contributed by atoms with E-state index in [0.29, 0.717) is 0 Å². The minimum Gasteiger partial charge on any atom is -0.312 e. The first-order valence-electron chi connectivity index (χ1n) is 7.51. The lowest BCUT2D eigenvalue weighted by Crippen LogP contribution is -2.23. The van der Waals surface area contributed by atoms with Crippen molar-refractivity contribution in [1.82, 2.24) is 19.9 Å². The van der Waals surface area contributed by atoms with Gasteiger partial charge in [0.15, 0.2) is 5.65 Å². The fourth-order valence-electron chi connectivity index (χ4n) is 3.10. The molecular weight excluding hydrogens is 260 g/mol. The molecule has 106 valence electrons. The molecule has 3 heterocycles. The molecule has 0 saturated heterocycles. The van der Waals surface area contributed by atoms with E-state index in [1.807, 2.05) is 18.3 Å². The van der Waals surface area contributed by atoms with Crippen LogP contribution in [0.3, 0.4) is 0 Å². The number of hydrogen-bond acceptors (Lipinski definition) is 3. The van der Waals surface area contributed by atoms with Crippen LogP contribution in [0.1, 0.15) is 18.1 Å². The number of imidazole rings is 1. The molecule has 0 saturated carbocycles. The molecule has 1 aliphatic heterocycles. The third-order valence-corrected chi connectivity index (χ3v) is 4.17. The van der Waals surface area contributed by atoms with Crippen molar-refractivity contribution >= 4 is 11.2 Å². The maximum atomic E-state index is 4.78. The Labute approximate surface area is 123 Å². The molecule has 0 amide bonds. The average Bonchev–Trinajstić information content (AvgIpc) is 2.93. The Morgan fingerprint density at radius 3 is 3.10 bits per heavy atom. The Morgan fingerprint density at radius 1 is 1.24 bits per heavy atom. The molecule has 0 bridgehead atoms. The summed E-state index contributed by atoms with van der Waals surface area (Å²) in [4.78, 5) is 9.26. The van der Waals surface area contributed by atoms with Crippen LogP contribution in [-0.2, 0) is 19.5 Å². The Bertz CT molecular complexity index is 804. The van der Waals surface area contributed by atoms with Crippen molar-refractivity contribution < 1.29 is 0 Å². The van der Waals surface area contributed by atoms with E-state index < -0.39 is 0 Å². The summed E-state index contributed by atoms with van der Waals surface area (Å²) in [6, 6.07) is 10.7. The van der Waals surface area contributed by atoms with Crippen LogP contribution in [0, 0.1) is 0 Å². The highest BCUT2D eigenvalue weighted by molar-refractivity contribution is 5.77. The average molecular weight is 278 g/mol. The van der Waals surface area contributed by atoms with Gasteiger partial charge in [-0.25, -0.2) is 9.97 Å². The number of fused-ring (bicyclic) bond motifs is 2. The normalized spacial score (nSPS) is 14.3. The van der Waals surface area contributed by atoms with E-state index in [1.54, 1.807) is 0 Å². The highest BCUT2D eigenvalue weighted by Crippen LogP contribution is 2.26. The minimum atomic E-state index is 0.873. The molecular formula is C17H18N4. The standard InChI is InChI=1S/C17H18N4/c1-2-21-16(20-15-4-3-8-19-17(15)21)13-6-5-12-7-9-18-11-14(12)10-13/h3-6,8,10,18H,2,7,9,11H2,1H3. The predicted octanol–water partition coefficient (Wildman–Crippen LogP) is 2.76. The van der Waals surface area contributed by atoms with Crippen molar-refractivity contribution in [2.45, 2.75) is 26.4 Å². The lowest BCUT2D eigenvalue weighted by molar-refractivity contribution is 0.644. The first-order chi connectivity index (χ1) is 10.4. The summed E-state index contributed by atoms with van der Waals surface area (Å²) in [7, 11) is 0. The SMILES string of the molecule is CCn1c(-c2ccc3c(c2)CNCC3)nc2cccnc21. The van der Waals surface area contributed by atoms with Crippen LogP contribution in [0.5, 0.6) is 0 Å². The van der Waals surface area contributed by atoms with Gasteiger partial charge in [-0.3, -0.25) is 0 Å². The molecule has 2 aromatic heterocycles. The van der Waals surface area contributed by atoms with Gasteiger partial charge in [0, 0.05) is 24.8 Å². The number of nitrogens with zero attached hydrogens (tertiary/aromatic N) is 3. The van der Waals surface area contributed by atoms with Gasteiger partial charge in [0.05, 0.1) is 0 Å². The maximum Gasteiger partial charge on any atom is 0.160 e. The molecule has 0 spiro atoms. The molecule has 4 nitrogen and oxygen atoms in total. The van der Waals surface area contributed by atoms with Crippen molar-refractivity contribution in [3.05, 3.63) is 47.7 Å². The number of hydrogen-bond donors (Lipinski definition) is 1. The summed E-state index contributed by atoms with van der Waals surface area (Å²) in [6.07, 6.45) is 2.94. The number of rotatable bonds is 2. The zero-order chi connectivity index (χ0) is 14.2. The summed E-state index contributed by atoms with van der Waals surface area (Å²) < 4.78 is 2.19. The predicted molar refractivity (Wildman–Crippen MR) is 84.0 cm³/mol. The van der Waals surface area contributed by atoms with Gasteiger partial charge in [0.25, 0.3) is 0 Å². The lowest BCUT2D eigenvalue weighted by atomic mass is 9.98. The van der Waals surface area contributed by atoms with E-state index in [4.69, 9.17) is 4.98 Å². The van der Waals surface area contributed by atoms with Crippen molar-refractivity contribution in [3.8, 4) is 11.4 Å². The first kappa shape index (κ1) is 12.5. The number of nitrogens with one attached hydrogen (secondary N) is 1. The van der Waals surface area contributed by atoms with E-state index in [2.05, 4.69) is 40.0 Å². The zero-order valence-electron chi connectivity index (χ0n) is 12.1. The van der Waals surface area contributed by atoms with E-state index in [9.17, 15) is 0 Å². The Hall–Kier alpha value is -2.20. The second-order valence-electron chi connectivity index (χ2n) is 5.44. The van der Waals surface area contributed by atoms with Crippen LogP contribution in [0.2, 0.25) is 0 Å². The van der Waals surface area contributed by atoms with Crippen molar-refractivity contribution in [1.29, 1.82) is 0 Å². The molecule has 0 fully saturated rings. The largest absolute Gasteiger partial charge is 0.312 e. The van der Waals surface area contributed by atoms with Crippen molar-refractivity contribution in [2.75, 3.05) is 6.54 Å². The first-order valence-corrected chi connectivity index (χ1v) is 7.51. The van der Waals surface area contributed by atoms with Gasteiger partial charge in [-0.15, -0.1) is 0 Å². The summed E-state index contributed by atoms with van der Waals surface area (Å²) in [5, 5.41) is 3.44. The van der Waals surface area contributed by atoms with E-state index in [1.165, 1.54) is 16.7 Å². The molecule has 0 unspecified atom stereocenters. The second kappa shape index (κ2) is 4.97. The van der Waals surface area contributed by atoms with Crippen LogP contribution in [-0.4, -0.2) is 21.1 Å². The summed E-state index contributed by atoms with van der Waals surface area (Å²) in [5.74, 6) is 1.01. The smallest absolute Gasteiger partial charge is 0.160 e. The monoisotopic (exact) mass is 278 g/mol. The van der Waals surface area contributed by atoms with Crippen molar-refractivity contribution in [2.24, 2.45) is 0 Å². The fraction of sp³-hybridized carbons (Fsp3) is 0.294. The lowest BCUT2D eigenvalue weighted by Gasteiger charge is -2.18. The molecule has 21 heavy (non-hydrogen) atoms. The number of pyridine rings is 1. The fourth-order valence-corrected chi connectivity index (χ4v) is 3.10. The van der Waals surface area contributed by atoms with Crippen LogP contribution >= 0.6 is 0 Å². The number of aryl methyl sites for hydroxylation is 1. The van der Waals surface area contributed by atoms with Gasteiger partial charge in [-0.1, -0.05) is 12.1 Å². The Morgan fingerprint density at radius 2 is 2.19 bits per heavy atom. The second-order valence-corrected chi connectivity index (χ2v) is 5.44. The van der Waals surface area contributed by atoms with Gasteiger partial charge in [0.2, 0.25) is 0 Å². The zero-order valence-corrected chi connectivity index (χ0v) is 12.1. The minimum absolute atomic E-state index is 0.873. The molecule has 0 atom stereocenters. The Balaban J connectivity index is 1.89. The molecule has 3 aromatic rings. The van der Waals surface area contributed by atoms with E-state index in [-0.39, 0.29) is 0 Å². The molecule has 4 rings (SSSR count). The molecule has 1 N–H and O–H groups in total. The third-order valence-electron chi connectivity index (χ3n) is 4.17. The third kappa shape index (κ3) is 2.03. The summed E-state index contributed by atoms with van der Waals surface area (Å²) in [6.45, 7) is 5.04. The maximum absolute atomic E-state index is 4.78. The highest BCUT2D eigenvalue weighted by Gasteiger charge is 2.15. The highest BCUT2D eigenvalue weighted by atomic mass is 15.1. The van der Waals surface area contributed by atoms with Crippen LogP contribution in [0.25, 0.3) is 22.6 Å². The molecule has 0 radical (unpaired) electrons. The van der Waals surface area contributed by atoms with E-state index in [0.717, 1.165) is 43.0 Å². The van der Waals surface area contributed by atoms with Crippen LogP contribution in [0.15, 0.2) is 36.5 Å². The van der Waals surface area contributed by atoms with Crippen molar-refractivity contribution in [3.63, 3.8) is 0 Å². The van der Waals surface area contributed by atoms with Crippen LogP contribution in [0.4, 0.5) is 0 Å². The summed E-state index contributed by atoms with van der Waals surface area (Å²) >= 11 is 0. The van der Waals surface area contributed by atoms with Gasteiger partial charge < -0.3 is 9.88 Å². The summed E-state index contributed by atoms with van der Waals surface area (Å²) in [5.41, 5.74) is 5.95. The van der Waals surface area contributed by atoms with E-state index >= 15 is 0 Å². The van der Waals surface area contributed by atoms with Crippen LogP contribution < -0.4 is 5.32 Å². The van der Waals surface area contributed by atoms with Gasteiger partial charge in [-0.2, -0.15) is 0 Å². The number of aromatic nitrogens is 3. The topological polar surface area (TPSA) is 42.7 Å². The molecule has 4 heteroatoms. The molecule has 1 aliphatic rings. The van der Waals surface area contributed by atoms with Gasteiger partial charge in [-0.05, 0) is 49.2 Å². The number of benzene rings is 1. The quantitative estimate of drug-likeness (QED) is 0.784. The van der Waals surface area contributed by atoms with Gasteiger partial charge >= 0.3 is 0 Å². The molecule has 0 aliphatic carbocycles.